The molecule has 0 fully saturated rings. The average Bonchev–Trinajstić information content (AvgIpc) is 2.81. The van der Waals surface area contributed by atoms with Crippen molar-refractivity contribution in [2.75, 3.05) is 6.54 Å². The normalized spacial score (nSPS) is 13.2. The summed E-state index contributed by atoms with van der Waals surface area (Å²) in [6.45, 7) is 12.9. The summed E-state index contributed by atoms with van der Waals surface area (Å²) < 4.78 is 5.36. The molecule has 1 aromatic rings. The molecule has 0 aromatic heterocycles. The molecule has 1 aromatic carbocycles. The smallest absolute Gasteiger partial charge is 0.408 e. The number of hydrogen-bond donors (Lipinski definition) is 4. The third kappa shape index (κ3) is 13.2. The van der Waals surface area contributed by atoms with Crippen LogP contribution < -0.4 is 16.4 Å². The quantitative estimate of drug-likeness (QED) is 0.228. The van der Waals surface area contributed by atoms with E-state index in [0.29, 0.717) is 6.42 Å². The van der Waals surface area contributed by atoms with Crippen molar-refractivity contribution < 1.29 is 29.0 Å². The molecule has 10 nitrogen and oxygen atoms in total. The molecule has 1 rings (SSSR count). The molecule has 0 bridgehead atoms. The minimum Gasteiger partial charge on any atom is -0.508 e. The lowest BCUT2D eigenvalue weighted by Gasteiger charge is -2.36. The van der Waals surface area contributed by atoms with E-state index in [-0.39, 0.29) is 30.7 Å². The Labute approximate surface area is 239 Å². The van der Waals surface area contributed by atoms with Gasteiger partial charge in [0.2, 0.25) is 17.7 Å². The predicted molar refractivity (Wildman–Crippen MR) is 155 cm³/mol. The van der Waals surface area contributed by atoms with Gasteiger partial charge in [0, 0.05) is 24.1 Å². The van der Waals surface area contributed by atoms with Crippen molar-refractivity contribution >= 4 is 23.8 Å². The molecule has 10 heteroatoms. The maximum absolute atomic E-state index is 14.2. The third-order valence-electron chi connectivity index (χ3n) is 5.99. The fraction of sp³-hybridized carbons (Fsp3) is 0.667. The van der Waals surface area contributed by atoms with Gasteiger partial charge in [-0.05, 0) is 60.5 Å². The number of primary amides is 1. The van der Waals surface area contributed by atoms with Gasteiger partial charge >= 0.3 is 6.09 Å². The Balaban J connectivity index is 3.51. The zero-order valence-electron chi connectivity index (χ0n) is 25.3. The van der Waals surface area contributed by atoms with Crippen LogP contribution in [-0.4, -0.2) is 57.5 Å². The molecule has 4 amide bonds. The Kier molecular flexibility index (Phi) is 14.0. The summed E-state index contributed by atoms with van der Waals surface area (Å²) in [4.78, 5) is 53.6. The van der Waals surface area contributed by atoms with Crippen molar-refractivity contribution in [3.63, 3.8) is 0 Å². The highest BCUT2D eigenvalue weighted by Gasteiger charge is 2.38. The summed E-state index contributed by atoms with van der Waals surface area (Å²) in [7, 11) is 0. The Morgan fingerprint density at radius 1 is 0.975 bits per heavy atom. The lowest BCUT2D eigenvalue weighted by molar-refractivity contribution is -0.143. The number of alkyl carbamates (subject to hydrolysis) is 1. The van der Waals surface area contributed by atoms with Crippen molar-refractivity contribution in [2.45, 2.75) is 123 Å². The van der Waals surface area contributed by atoms with Gasteiger partial charge in [0.25, 0.3) is 0 Å². The number of carbonyl (C=O) groups is 4. The number of rotatable bonds is 15. The Hall–Kier alpha value is -3.30. The molecule has 0 aliphatic heterocycles. The van der Waals surface area contributed by atoms with Crippen LogP contribution in [0.1, 0.15) is 111 Å². The van der Waals surface area contributed by atoms with Crippen LogP contribution in [0.15, 0.2) is 24.3 Å². The number of aromatic hydroxyl groups is 1. The van der Waals surface area contributed by atoms with Crippen LogP contribution >= 0.6 is 0 Å². The lowest BCUT2D eigenvalue weighted by Crippen LogP contribution is -2.55. The molecule has 0 radical (unpaired) electrons. The first kappa shape index (κ1) is 34.7. The molecule has 2 unspecified atom stereocenters. The summed E-state index contributed by atoms with van der Waals surface area (Å²) in [6, 6.07) is 4.02. The van der Waals surface area contributed by atoms with Crippen LogP contribution in [0.25, 0.3) is 0 Å². The number of amides is 4. The molecular weight excluding hydrogens is 512 g/mol. The molecule has 0 heterocycles. The van der Waals surface area contributed by atoms with Crippen LogP contribution in [0.2, 0.25) is 0 Å². The number of phenols is 1. The molecular formula is C30H50N4O6. The third-order valence-corrected chi connectivity index (χ3v) is 5.99. The largest absolute Gasteiger partial charge is 0.508 e. The number of nitrogens with two attached hydrogens (primary N) is 1. The molecule has 0 saturated heterocycles. The van der Waals surface area contributed by atoms with Gasteiger partial charge in [0.1, 0.15) is 23.4 Å². The second-order valence-electron chi connectivity index (χ2n) is 12.2. The fourth-order valence-electron chi connectivity index (χ4n) is 4.23. The van der Waals surface area contributed by atoms with Crippen LogP contribution in [0.5, 0.6) is 5.75 Å². The van der Waals surface area contributed by atoms with Crippen molar-refractivity contribution in [1.29, 1.82) is 0 Å². The second kappa shape index (κ2) is 16.1. The first-order valence-electron chi connectivity index (χ1n) is 14.2. The molecule has 0 saturated carbocycles. The summed E-state index contributed by atoms with van der Waals surface area (Å²) in [5, 5.41) is 16.3. The van der Waals surface area contributed by atoms with E-state index in [4.69, 9.17) is 10.5 Å². The maximum atomic E-state index is 14.2. The van der Waals surface area contributed by atoms with E-state index in [2.05, 4.69) is 17.6 Å². The zero-order valence-corrected chi connectivity index (χ0v) is 25.3. The molecule has 40 heavy (non-hydrogen) atoms. The van der Waals surface area contributed by atoms with Crippen molar-refractivity contribution in [3.05, 3.63) is 29.8 Å². The predicted octanol–water partition coefficient (Wildman–Crippen LogP) is 4.70. The number of phenolic OH excluding ortho intramolecular Hbond substituents is 1. The van der Waals surface area contributed by atoms with Gasteiger partial charge in [-0.3, -0.25) is 14.4 Å². The summed E-state index contributed by atoms with van der Waals surface area (Å²) in [5.41, 5.74) is 4.20. The molecule has 226 valence electrons. The van der Waals surface area contributed by atoms with E-state index in [1.54, 1.807) is 39.0 Å². The monoisotopic (exact) mass is 562 g/mol. The highest BCUT2D eigenvalue weighted by molar-refractivity contribution is 5.93. The van der Waals surface area contributed by atoms with E-state index in [1.807, 2.05) is 20.8 Å². The first-order chi connectivity index (χ1) is 18.6. The fourth-order valence-corrected chi connectivity index (χ4v) is 4.23. The van der Waals surface area contributed by atoms with Crippen molar-refractivity contribution in [2.24, 2.45) is 5.73 Å². The minimum atomic E-state index is -1.18. The van der Waals surface area contributed by atoms with Crippen molar-refractivity contribution in [1.82, 2.24) is 15.5 Å². The number of nitrogens with zero attached hydrogens (tertiary/aromatic N) is 1. The summed E-state index contributed by atoms with van der Waals surface area (Å²) in [5.74, 6) is -1.81. The van der Waals surface area contributed by atoms with Crippen molar-refractivity contribution in [3.8, 4) is 5.75 Å². The lowest BCUT2D eigenvalue weighted by atomic mass is 9.98. The van der Waals surface area contributed by atoms with Crippen LogP contribution in [0, 0.1) is 0 Å². The number of unbranched alkanes of at least 4 members (excludes halogenated alkanes) is 5. The highest BCUT2D eigenvalue weighted by atomic mass is 16.6. The number of nitrogens with one attached hydrogen (secondary N) is 2. The van der Waals surface area contributed by atoms with E-state index in [1.165, 1.54) is 11.0 Å². The molecule has 0 aliphatic carbocycles. The number of ether oxygens (including phenoxy) is 1. The van der Waals surface area contributed by atoms with Crippen LogP contribution in [0.4, 0.5) is 4.79 Å². The summed E-state index contributed by atoms with van der Waals surface area (Å²) >= 11 is 0. The van der Waals surface area contributed by atoms with E-state index < -0.39 is 47.0 Å². The Bertz CT molecular complexity index is 983. The topological polar surface area (TPSA) is 151 Å². The van der Waals surface area contributed by atoms with E-state index >= 15 is 0 Å². The Morgan fingerprint density at radius 2 is 1.57 bits per heavy atom. The Morgan fingerprint density at radius 3 is 2.12 bits per heavy atom. The van der Waals surface area contributed by atoms with E-state index in [9.17, 15) is 24.3 Å². The van der Waals surface area contributed by atoms with Gasteiger partial charge in [0.05, 0.1) is 0 Å². The molecule has 5 N–H and O–H groups in total. The van der Waals surface area contributed by atoms with Gasteiger partial charge in [-0.2, -0.15) is 0 Å². The van der Waals surface area contributed by atoms with Gasteiger partial charge in [0.15, 0.2) is 0 Å². The van der Waals surface area contributed by atoms with Gasteiger partial charge in [-0.15, -0.1) is 0 Å². The first-order valence-corrected chi connectivity index (χ1v) is 14.2. The molecule has 0 spiro atoms. The number of carbonyl (C=O) groups excluding carboxylic acids is 4. The summed E-state index contributed by atoms with van der Waals surface area (Å²) in [6.07, 6.45) is 4.65. The standard InChI is InChI=1S/C30H50N4O6/c1-8-9-10-11-12-15-20-34(25(26(37)33-29(2,3)4)21-16-13-14-17-23(21)35)27(38)22(18-19-24(31)36)32-28(39)40-30(5,6)7/h13-14,16-17,22,25,35H,8-12,15,18-20H2,1-7H3,(H2,31,36)(H,32,39)(H,33,37). The maximum Gasteiger partial charge on any atom is 0.408 e. The zero-order chi connectivity index (χ0) is 30.5. The van der Waals surface area contributed by atoms with Crippen LogP contribution in [-0.2, 0) is 19.1 Å². The average molecular weight is 563 g/mol. The van der Waals surface area contributed by atoms with Gasteiger partial charge in [-0.25, -0.2) is 4.79 Å². The number of para-hydroxylation sites is 1. The minimum absolute atomic E-state index is 0.0746. The number of benzene rings is 1. The van der Waals surface area contributed by atoms with Gasteiger partial charge in [-0.1, -0.05) is 57.2 Å². The van der Waals surface area contributed by atoms with Gasteiger partial charge < -0.3 is 31.1 Å². The van der Waals surface area contributed by atoms with E-state index in [0.717, 1.165) is 32.1 Å². The number of hydrogen-bond acceptors (Lipinski definition) is 6. The second-order valence-corrected chi connectivity index (χ2v) is 12.2. The molecule has 2 atom stereocenters. The van der Waals surface area contributed by atoms with Crippen LogP contribution in [0.3, 0.4) is 0 Å². The molecule has 0 aliphatic rings. The SMILES string of the molecule is CCCCCCCCN(C(=O)C(CCC(N)=O)NC(=O)OC(C)(C)C)C(C(=O)NC(C)(C)C)c1ccccc1O. The highest BCUT2D eigenvalue weighted by Crippen LogP contribution is 2.31.